The van der Waals surface area contributed by atoms with Crippen molar-refractivity contribution in [1.82, 2.24) is 10.4 Å². The summed E-state index contributed by atoms with van der Waals surface area (Å²) in [6.45, 7) is 6.73. The first-order valence-electron chi connectivity index (χ1n) is 11.0. The Morgan fingerprint density at radius 1 is 1.00 bits per heavy atom. The summed E-state index contributed by atoms with van der Waals surface area (Å²) >= 11 is 0. The topological polar surface area (TPSA) is 125 Å². The summed E-state index contributed by atoms with van der Waals surface area (Å²) in [6, 6.07) is 12.7. The maximum absolute atomic E-state index is 13.2. The first-order chi connectivity index (χ1) is 16.0. The van der Waals surface area contributed by atoms with E-state index in [1.807, 2.05) is 6.07 Å². The number of phenols is 1. The minimum absolute atomic E-state index is 0.0147. The number of nitrogens with one attached hydrogen (secondary N) is 1. The maximum atomic E-state index is 13.2. The summed E-state index contributed by atoms with van der Waals surface area (Å²) in [5.74, 6) is -1.97. The van der Waals surface area contributed by atoms with Crippen LogP contribution in [0.4, 0.5) is 4.79 Å². The molecule has 0 radical (unpaired) electrons. The van der Waals surface area contributed by atoms with E-state index >= 15 is 0 Å². The number of nitrogens with zero attached hydrogens (tertiary/aromatic N) is 1. The van der Waals surface area contributed by atoms with Crippen LogP contribution in [0.1, 0.15) is 38.8 Å². The van der Waals surface area contributed by atoms with Crippen LogP contribution >= 0.6 is 0 Å². The smallest absolute Gasteiger partial charge is 0.425 e. The quantitative estimate of drug-likeness (QED) is 0.355. The zero-order valence-corrected chi connectivity index (χ0v) is 19.9. The normalized spacial score (nSPS) is 12.9. The number of esters is 1. The molecular formula is C25H32N2O7. The molecule has 2 rings (SSSR count). The van der Waals surface area contributed by atoms with Gasteiger partial charge in [-0.3, -0.25) is 4.79 Å². The van der Waals surface area contributed by atoms with Gasteiger partial charge < -0.3 is 19.7 Å². The second-order valence-electron chi connectivity index (χ2n) is 8.70. The van der Waals surface area contributed by atoms with Gasteiger partial charge in [-0.1, -0.05) is 42.5 Å². The monoisotopic (exact) mass is 472 g/mol. The maximum Gasteiger partial charge on any atom is 0.425 e. The number of hydrogen-bond acceptors (Lipinski definition) is 7. The number of aromatic hydroxyl groups is 1. The SMILES string of the molecule is CCOC(=O)[C@H](Cc1ccccc1)N(N[C@@H](Cc1cccc(O)c1)C(=O)O)C(=O)OC(C)(C)C. The number of amides is 1. The van der Waals surface area contributed by atoms with Crippen molar-refractivity contribution < 1.29 is 34.1 Å². The van der Waals surface area contributed by atoms with Gasteiger partial charge in [-0.25, -0.2) is 20.0 Å². The van der Waals surface area contributed by atoms with Crippen LogP contribution in [0, 0.1) is 0 Å². The highest BCUT2D eigenvalue weighted by Gasteiger charge is 2.37. The average molecular weight is 473 g/mol. The largest absolute Gasteiger partial charge is 0.508 e. The molecule has 0 aliphatic carbocycles. The van der Waals surface area contributed by atoms with Gasteiger partial charge >= 0.3 is 18.0 Å². The Morgan fingerprint density at radius 3 is 2.21 bits per heavy atom. The number of benzene rings is 2. The Balaban J connectivity index is 2.43. The fraction of sp³-hybridized carbons (Fsp3) is 0.400. The van der Waals surface area contributed by atoms with E-state index in [-0.39, 0.29) is 25.2 Å². The molecule has 0 aliphatic heterocycles. The predicted molar refractivity (Wildman–Crippen MR) is 125 cm³/mol. The molecule has 3 N–H and O–H groups in total. The molecular weight excluding hydrogens is 440 g/mol. The van der Waals surface area contributed by atoms with Crippen molar-refractivity contribution in [2.45, 2.75) is 58.2 Å². The highest BCUT2D eigenvalue weighted by Crippen LogP contribution is 2.17. The van der Waals surface area contributed by atoms with Gasteiger partial charge in [-0.05, 0) is 51.0 Å². The number of carbonyl (C=O) groups is 3. The molecule has 0 aliphatic rings. The number of phenolic OH excluding ortho intramolecular Hbond substituents is 1. The lowest BCUT2D eigenvalue weighted by Crippen LogP contribution is -2.60. The molecule has 9 heteroatoms. The molecule has 1 amide bonds. The molecule has 0 aromatic heterocycles. The molecule has 0 bridgehead atoms. The van der Waals surface area contributed by atoms with E-state index < -0.39 is 35.7 Å². The van der Waals surface area contributed by atoms with E-state index in [9.17, 15) is 24.6 Å². The number of hydrogen-bond donors (Lipinski definition) is 3. The van der Waals surface area contributed by atoms with Crippen molar-refractivity contribution in [2.24, 2.45) is 0 Å². The van der Waals surface area contributed by atoms with Gasteiger partial charge in [0, 0.05) is 12.8 Å². The van der Waals surface area contributed by atoms with Crippen LogP contribution in [0.2, 0.25) is 0 Å². The molecule has 0 fully saturated rings. The fourth-order valence-electron chi connectivity index (χ4n) is 3.21. The summed E-state index contributed by atoms with van der Waals surface area (Å²) in [5.41, 5.74) is 3.06. The van der Waals surface area contributed by atoms with Crippen molar-refractivity contribution in [3.8, 4) is 5.75 Å². The lowest BCUT2D eigenvalue weighted by molar-refractivity contribution is -0.153. The molecule has 184 valence electrons. The lowest BCUT2D eigenvalue weighted by atomic mass is 10.0. The van der Waals surface area contributed by atoms with Crippen LogP contribution in [0.15, 0.2) is 54.6 Å². The zero-order valence-electron chi connectivity index (χ0n) is 19.9. The Hall–Kier alpha value is -3.59. The average Bonchev–Trinajstić information content (AvgIpc) is 2.74. The molecule has 2 atom stereocenters. The standard InChI is InChI=1S/C25H32N2O7/c1-5-33-23(31)21(16-17-10-7-6-8-11-17)27(24(32)34-25(2,3)4)26-20(22(29)30)15-18-12-9-13-19(28)14-18/h6-14,20-21,26,28H,5,15-16H2,1-4H3,(H,29,30)/t20-,21-/m0/s1. The highest BCUT2D eigenvalue weighted by atomic mass is 16.6. The number of carbonyl (C=O) groups excluding carboxylic acids is 2. The van der Waals surface area contributed by atoms with Gasteiger partial charge in [-0.2, -0.15) is 0 Å². The number of rotatable bonds is 10. The number of carboxylic acids is 1. The van der Waals surface area contributed by atoms with Gasteiger partial charge in [0.2, 0.25) is 0 Å². The molecule has 0 spiro atoms. The minimum Gasteiger partial charge on any atom is -0.508 e. The molecule has 34 heavy (non-hydrogen) atoms. The van der Waals surface area contributed by atoms with Crippen LogP contribution in [-0.2, 0) is 31.9 Å². The van der Waals surface area contributed by atoms with Crippen LogP contribution in [0.5, 0.6) is 5.75 Å². The van der Waals surface area contributed by atoms with E-state index in [4.69, 9.17) is 9.47 Å². The van der Waals surface area contributed by atoms with Crippen LogP contribution in [0.3, 0.4) is 0 Å². The Bertz CT molecular complexity index is 973. The second-order valence-corrected chi connectivity index (χ2v) is 8.70. The molecule has 2 aromatic rings. The van der Waals surface area contributed by atoms with Crippen LogP contribution < -0.4 is 5.43 Å². The van der Waals surface area contributed by atoms with Crippen LogP contribution in [0.25, 0.3) is 0 Å². The first kappa shape index (κ1) is 26.7. The van der Waals surface area contributed by atoms with E-state index in [2.05, 4.69) is 5.43 Å². The molecule has 2 aromatic carbocycles. The van der Waals surface area contributed by atoms with Gasteiger partial charge in [0.15, 0.2) is 6.04 Å². The third-order valence-electron chi connectivity index (χ3n) is 4.68. The molecule has 0 heterocycles. The molecule has 9 nitrogen and oxygen atoms in total. The van der Waals surface area contributed by atoms with E-state index in [0.717, 1.165) is 10.6 Å². The van der Waals surface area contributed by atoms with Crippen molar-refractivity contribution in [3.63, 3.8) is 0 Å². The van der Waals surface area contributed by atoms with Gasteiger partial charge in [0.1, 0.15) is 17.4 Å². The van der Waals surface area contributed by atoms with Crippen molar-refractivity contribution >= 4 is 18.0 Å². The van der Waals surface area contributed by atoms with Crippen molar-refractivity contribution in [1.29, 1.82) is 0 Å². The highest BCUT2D eigenvalue weighted by molar-refractivity contribution is 5.82. The Morgan fingerprint density at radius 2 is 1.65 bits per heavy atom. The summed E-state index contributed by atoms with van der Waals surface area (Å²) in [6.07, 6.45) is -0.905. The third-order valence-corrected chi connectivity index (χ3v) is 4.68. The van der Waals surface area contributed by atoms with Crippen molar-refractivity contribution in [2.75, 3.05) is 6.61 Å². The first-order valence-corrected chi connectivity index (χ1v) is 11.0. The number of hydrazine groups is 1. The van der Waals surface area contributed by atoms with E-state index in [1.165, 1.54) is 12.1 Å². The third kappa shape index (κ3) is 8.40. The number of aliphatic carboxylic acids is 1. The van der Waals surface area contributed by atoms with Gasteiger partial charge in [0.05, 0.1) is 6.61 Å². The fourth-order valence-corrected chi connectivity index (χ4v) is 3.21. The Labute approximate surface area is 199 Å². The lowest BCUT2D eigenvalue weighted by Gasteiger charge is -2.34. The summed E-state index contributed by atoms with van der Waals surface area (Å²) in [5, 5.41) is 20.5. The second kappa shape index (κ2) is 12.0. The molecule has 0 saturated carbocycles. The Kier molecular flexibility index (Phi) is 9.44. The molecule has 0 saturated heterocycles. The summed E-state index contributed by atoms with van der Waals surface area (Å²) in [7, 11) is 0. The zero-order chi connectivity index (χ0) is 25.3. The summed E-state index contributed by atoms with van der Waals surface area (Å²) in [4.78, 5) is 38.2. The number of carboxylic acid groups (broad SMARTS) is 1. The van der Waals surface area contributed by atoms with E-state index in [0.29, 0.717) is 5.56 Å². The summed E-state index contributed by atoms with van der Waals surface area (Å²) < 4.78 is 10.7. The number of ether oxygens (including phenoxy) is 2. The van der Waals surface area contributed by atoms with E-state index in [1.54, 1.807) is 64.1 Å². The van der Waals surface area contributed by atoms with Gasteiger partial charge in [0.25, 0.3) is 0 Å². The molecule has 0 unspecified atom stereocenters. The minimum atomic E-state index is -1.30. The van der Waals surface area contributed by atoms with Gasteiger partial charge in [-0.15, -0.1) is 0 Å². The predicted octanol–water partition coefficient (Wildman–Crippen LogP) is 3.30. The van der Waals surface area contributed by atoms with Crippen molar-refractivity contribution in [3.05, 3.63) is 65.7 Å². The van der Waals surface area contributed by atoms with Crippen LogP contribution in [-0.4, -0.2) is 57.5 Å².